The number of halogens is 1. The number of rotatable bonds is 8. The zero-order valence-electron chi connectivity index (χ0n) is 11.3. The molecule has 0 aliphatic heterocycles. The van der Waals surface area contributed by atoms with Crippen molar-refractivity contribution < 1.29 is 19.4 Å². The summed E-state index contributed by atoms with van der Waals surface area (Å²) in [4.78, 5) is 22.0. The molecule has 1 unspecified atom stereocenters. The second kappa shape index (κ2) is 8.43. The summed E-state index contributed by atoms with van der Waals surface area (Å²) in [6.07, 6.45) is 0.645. The van der Waals surface area contributed by atoms with E-state index in [1.165, 1.54) is 0 Å². The van der Waals surface area contributed by atoms with Gasteiger partial charge in [0.25, 0.3) is 0 Å². The van der Waals surface area contributed by atoms with Crippen molar-refractivity contribution in [3.05, 3.63) is 29.3 Å². The van der Waals surface area contributed by atoms with Gasteiger partial charge < -0.3 is 15.2 Å². The minimum absolute atomic E-state index is 0.0393. The van der Waals surface area contributed by atoms with Gasteiger partial charge in [-0.1, -0.05) is 23.7 Å². The molecule has 1 aromatic rings. The highest BCUT2D eigenvalue weighted by Crippen LogP contribution is 2.22. The van der Waals surface area contributed by atoms with Crippen LogP contribution in [0.4, 0.5) is 0 Å². The Labute approximate surface area is 122 Å². The lowest BCUT2D eigenvalue weighted by Gasteiger charge is -2.13. The fourth-order valence-corrected chi connectivity index (χ4v) is 1.76. The zero-order valence-corrected chi connectivity index (χ0v) is 12.0. The molecule has 0 aromatic heterocycles. The monoisotopic (exact) mass is 299 g/mol. The molecule has 0 fully saturated rings. The van der Waals surface area contributed by atoms with E-state index in [9.17, 15) is 9.59 Å². The predicted molar refractivity (Wildman–Crippen MR) is 76.0 cm³/mol. The molecule has 0 saturated heterocycles. The average molecular weight is 300 g/mol. The van der Waals surface area contributed by atoms with Gasteiger partial charge in [0.1, 0.15) is 5.75 Å². The van der Waals surface area contributed by atoms with Gasteiger partial charge in [-0.05, 0) is 25.5 Å². The first-order valence-electron chi connectivity index (χ1n) is 6.37. The third-order valence-electron chi connectivity index (χ3n) is 2.62. The van der Waals surface area contributed by atoms with Gasteiger partial charge in [0, 0.05) is 12.5 Å². The number of carbonyl (C=O) groups is 2. The van der Waals surface area contributed by atoms with Gasteiger partial charge in [-0.15, -0.1) is 0 Å². The second-order valence-electron chi connectivity index (χ2n) is 4.43. The van der Waals surface area contributed by atoms with Crippen molar-refractivity contribution in [1.29, 1.82) is 0 Å². The summed E-state index contributed by atoms with van der Waals surface area (Å²) in [6, 6.07) is 6.88. The standard InChI is InChI=1S/C14H18ClNO4/c1-10(6-7-14(18)19)16-13(17)8-9-20-12-5-3-2-4-11(12)15/h2-5,10H,6-9H2,1H3,(H,16,17)(H,18,19). The topological polar surface area (TPSA) is 75.6 Å². The van der Waals surface area contributed by atoms with Crippen molar-refractivity contribution in [3.63, 3.8) is 0 Å². The van der Waals surface area contributed by atoms with E-state index >= 15 is 0 Å². The SMILES string of the molecule is CC(CCC(=O)O)NC(=O)CCOc1ccccc1Cl. The predicted octanol–water partition coefficient (Wildman–Crippen LogP) is 2.48. The molecule has 0 heterocycles. The van der Waals surface area contributed by atoms with Crippen LogP contribution in [-0.2, 0) is 9.59 Å². The second-order valence-corrected chi connectivity index (χ2v) is 4.84. The number of hydrogen-bond donors (Lipinski definition) is 2. The number of nitrogens with one attached hydrogen (secondary N) is 1. The first kappa shape index (κ1) is 16.3. The number of carboxylic acids is 1. The minimum atomic E-state index is -0.867. The number of hydrogen-bond acceptors (Lipinski definition) is 3. The van der Waals surface area contributed by atoms with Gasteiger partial charge in [-0.3, -0.25) is 9.59 Å². The molecule has 5 nitrogen and oxygen atoms in total. The lowest BCUT2D eigenvalue weighted by molar-refractivity contribution is -0.137. The summed E-state index contributed by atoms with van der Waals surface area (Å²) in [5, 5.41) is 11.8. The molecule has 0 aliphatic rings. The van der Waals surface area contributed by atoms with Crippen molar-refractivity contribution >= 4 is 23.5 Å². The Morgan fingerprint density at radius 2 is 2.05 bits per heavy atom. The van der Waals surface area contributed by atoms with Crippen molar-refractivity contribution in [2.24, 2.45) is 0 Å². The number of aliphatic carboxylic acids is 1. The molecule has 20 heavy (non-hydrogen) atoms. The molecule has 1 aromatic carbocycles. The van der Waals surface area contributed by atoms with Crippen molar-refractivity contribution in [2.45, 2.75) is 32.2 Å². The van der Waals surface area contributed by atoms with E-state index in [0.717, 1.165) is 0 Å². The highest BCUT2D eigenvalue weighted by atomic mass is 35.5. The first-order valence-corrected chi connectivity index (χ1v) is 6.75. The quantitative estimate of drug-likeness (QED) is 0.773. The smallest absolute Gasteiger partial charge is 0.303 e. The molecule has 0 saturated carbocycles. The largest absolute Gasteiger partial charge is 0.491 e. The number of benzene rings is 1. The first-order chi connectivity index (χ1) is 9.49. The average Bonchev–Trinajstić information content (AvgIpc) is 2.38. The lowest BCUT2D eigenvalue weighted by atomic mass is 10.2. The number of carbonyl (C=O) groups excluding carboxylic acids is 1. The zero-order chi connectivity index (χ0) is 15.0. The Balaban J connectivity index is 2.23. The molecule has 110 valence electrons. The minimum Gasteiger partial charge on any atom is -0.491 e. The highest BCUT2D eigenvalue weighted by molar-refractivity contribution is 6.32. The summed E-state index contributed by atoms with van der Waals surface area (Å²) < 4.78 is 5.40. The fraction of sp³-hybridized carbons (Fsp3) is 0.429. The normalized spacial score (nSPS) is 11.7. The van der Waals surface area contributed by atoms with Gasteiger partial charge in [0.15, 0.2) is 0 Å². The number of para-hydroxylation sites is 1. The Kier molecular flexibility index (Phi) is 6.87. The van der Waals surface area contributed by atoms with Crippen LogP contribution >= 0.6 is 11.6 Å². The molecule has 2 N–H and O–H groups in total. The number of ether oxygens (including phenoxy) is 1. The maximum absolute atomic E-state index is 11.6. The van der Waals surface area contributed by atoms with Crippen LogP contribution in [0.25, 0.3) is 0 Å². The van der Waals surface area contributed by atoms with E-state index in [2.05, 4.69) is 5.32 Å². The summed E-state index contributed by atoms with van der Waals surface area (Å²) in [6.45, 7) is 2.00. The molecule has 6 heteroatoms. The number of carboxylic acid groups (broad SMARTS) is 1. The van der Waals surface area contributed by atoms with Crippen LogP contribution in [0.15, 0.2) is 24.3 Å². The molecule has 0 aliphatic carbocycles. The fourth-order valence-electron chi connectivity index (χ4n) is 1.57. The van der Waals surface area contributed by atoms with Crippen molar-refractivity contribution in [2.75, 3.05) is 6.61 Å². The summed E-state index contributed by atoms with van der Waals surface area (Å²) in [7, 11) is 0. The van der Waals surface area contributed by atoms with E-state index in [0.29, 0.717) is 17.2 Å². The van der Waals surface area contributed by atoms with Gasteiger partial charge in [0.05, 0.1) is 18.1 Å². The molecule has 0 radical (unpaired) electrons. The number of amides is 1. The van der Waals surface area contributed by atoms with Gasteiger partial charge in [0.2, 0.25) is 5.91 Å². The van der Waals surface area contributed by atoms with E-state index in [1.54, 1.807) is 31.2 Å². The van der Waals surface area contributed by atoms with Crippen LogP contribution in [0, 0.1) is 0 Å². The summed E-state index contributed by atoms with van der Waals surface area (Å²) >= 11 is 5.91. The summed E-state index contributed by atoms with van der Waals surface area (Å²) in [5.41, 5.74) is 0. The van der Waals surface area contributed by atoms with Crippen LogP contribution in [0.1, 0.15) is 26.2 Å². The molecular formula is C14H18ClNO4. The Hall–Kier alpha value is -1.75. The van der Waals surface area contributed by atoms with Crippen molar-refractivity contribution in [1.82, 2.24) is 5.32 Å². The maximum atomic E-state index is 11.6. The summed E-state index contributed by atoms with van der Waals surface area (Å²) in [5.74, 6) is -0.496. The van der Waals surface area contributed by atoms with Gasteiger partial charge in [-0.2, -0.15) is 0 Å². The molecule has 1 rings (SSSR count). The van der Waals surface area contributed by atoms with E-state index in [-0.39, 0.29) is 31.4 Å². The van der Waals surface area contributed by atoms with Crippen LogP contribution in [0.2, 0.25) is 5.02 Å². The highest BCUT2D eigenvalue weighted by Gasteiger charge is 2.09. The van der Waals surface area contributed by atoms with E-state index in [4.69, 9.17) is 21.4 Å². The Morgan fingerprint density at radius 1 is 1.35 bits per heavy atom. The molecule has 0 spiro atoms. The molecular weight excluding hydrogens is 282 g/mol. The van der Waals surface area contributed by atoms with Crippen LogP contribution in [0.3, 0.4) is 0 Å². The third kappa shape index (κ3) is 6.43. The molecule has 0 bridgehead atoms. The maximum Gasteiger partial charge on any atom is 0.303 e. The van der Waals surface area contributed by atoms with E-state index < -0.39 is 5.97 Å². The Morgan fingerprint density at radius 3 is 2.70 bits per heavy atom. The van der Waals surface area contributed by atoms with E-state index in [1.807, 2.05) is 0 Å². The Bertz CT molecular complexity index is 464. The van der Waals surface area contributed by atoms with Gasteiger partial charge >= 0.3 is 5.97 Å². The van der Waals surface area contributed by atoms with Crippen LogP contribution in [-0.4, -0.2) is 29.6 Å². The van der Waals surface area contributed by atoms with Crippen LogP contribution in [0.5, 0.6) is 5.75 Å². The lowest BCUT2D eigenvalue weighted by Crippen LogP contribution is -2.33. The molecule has 1 amide bonds. The van der Waals surface area contributed by atoms with Crippen molar-refractivity contribution in [3.8, 4) is 5.75 Å². The van der Waals surface area contributed by atoms with Gasteiger partial charge in [-0.25, -0.2) is 0 Å². The third-order valence-corrected chi connectivity index (χ3v) is 2.93. The van der Waals surface area contributed by atoms with Crippen LogP contribution < -0.4 is 10.1 Å². The molecule has 1 atom stereocenters.